The van der Waals surface area contributed by atoms with E-state index in [4.69, 9.17) is 4.74 Å². The van der Waals surface area contributed by atoms with Crippen molar-refractivity contribution >= 4 is 23.2 Å². The van der Waals surface area contributed by atoms with Crippen LogP contribution in [0.2, 0.25) is 0 Å². The van der Waals surface area contributed by atoms with E-state index < -0.39 is 0 Å². The molecule has 1 aliphatic heterocycles. The first-order chi connectivity index (χ1) is 7.34. The molecule has 1 aliphatic rings. The quantitative estimate of drug-likeness (QED) is 0.696. The van der Waals surface area contributed by atoms with Crippen LogP contribution in [0.4, 0.5) is 0 Å². The summed E-state index contributed by atoms with van der Waals surface area (Å²) in [7, 11) is 2.07. The second-order valence-corrected chi connectivity index (χ2v) is 4.05. The number of halogens is 1. The minimum Gasteiger partial charge on any atom is -0.478 e. The van der Waals surface area contributed by atoms with Gasteiger partial charge < -0.3 is 4.74 Å². The summed E-state index contributed by atoms with van der Waals surface area (Å²) in [6.45, 7) is 1.65. The summed E-state index contributed by atoms with van der Waals surface area (Å²) in [5, 5.41) is 2.59. The summed E-state index contributed by atoms with van der Waals surface area (Å²) in [4.78, 5) is 2.18. The molecule has 3 heteroatoms. The normalized spacial score (nSPS) is 15.1. The van der Waals surface area contributed by atoms with Crippen LogP contribution in [0.15, 0.2) is 36.4 Å². The van der Waals surface area contributed by atoms with Gasteiger partial charge in [0, 0.05) is 12.1 Å². The van der Waals surface area contributed by atoms with Crippen molar-refractivity contribution in [3.8, 4) is 5.75 Å². The Bertz CT molecular complexity index is 512. The van der Waals surface area contributed by atoms with Gasteiger partial charge in [-0.25, -0.2) is 0 Å². The van der Waals surface area contributed by atoms with E-state index in [1.165, 1.54) is 16.3 Å². The summed E-state index contributed by atoms with van der Waals surface area (Å²) in [6.07, 6.45) is 0. The molecule has 0 bridgehead atoms. The van der Waals surface area contributed by atoms with E-state index in [1.54, 1.807) is 0 Å². The maximum absolute atomic E-state index is 5.67. The van der Waals surface area contributed by atoms with Crippen molar-refractivity contribution in [3.05, 3.63) is 42.0 Å². The van der Waals surface area contributed by atoms with Crippen LogP contribution < -0.4 is 4.74 Å². The Hall–Kier alpha value is -1.25. The average Bonchev–Trinajstić information content (AvgIpc) is 2.29. The third kappa shape index (κ3) is 1.75. The first-order valence-electron chi connectivity index (χ1n) is 5.16. The second-order valence-electron chi connectivity index (χ2n) is 4.05. The molecule has 0 N–H and O–H groups in total. The predicted octanol–water partition coefficient (Wildman–Crippen LogP) is 3.04. The van der Waals surface area contributed by atoms with E-state index in [9.17, 15) is 0 Å². The maximum atomic E-state index is 5.67. The highest BCUT2D eigenvalue weighted by Crippen LogP contribution is 2.31. The van der Waals surface area contributed by atoms with Gasteiger partial charge in [0.2, 0.25) is 0 Å². The lowest BCUT2D eigenvalue weighted by molar-refractivity contribution is 0.122. The molecule has 0 spiro atoms. The van der Waals surface area contributed by atoms with Gasteiger partial charge in [-0.15, -0.1) is 12.4 Å². The Balaban J connectivity index is 0.000000963. The molecule has 0 amide bonds. The summed E-state index contributed by atoms with van der Waals surface area (Å²) < 4.78 is 5.67. The van der Waals surface area contributed by atoms with Gasteiger partial charge in [0.05, 0.1) is 0 Å². The number of ether oxygens (including phenoxy) is 1. The molecule has 2 nitrogen and oxygen atoms in total. The number of nitrogens with zero attached hydrogens (tertiary/aromatic N) is 1. The Kier molecular flexibility index (Phi) is 3.03. The van der Waals surface area contributed by atoms with Crippen LogP contribution in [0.1, 0.15) is 5.56 Å². The average molecular weight is 236 g/mol. The highest BCUT2D eigenvalue weighted by atomic mass is 35.5. The first-order valence-corrected chi connectivity index (χ1v) is 5.16. The SMILES string of the molecule is CN1COc2ccc3ccccc3c2C1.Cl. The summed E-state index contributed by atoms with van der Waals surface area (Å²) in [5.41, 5.74) is 1.31. The van der Waals surface area contributed by atoms with Crippen molar-refractivity contribution in [1.82, 2.24) is 4.90 Å². The monoisotopic (exact) mass is 235 g/mol. The van der Waals surface area contributed by atoms with Gasteiger partial charge in [0.25, 0.3) is 0 Å². The van der Waals surface area contributed by atoms with Crippen LogP contribution in [0, 0.1) is 0 Å². The number of hydrogen-bond donors (Lipinski definition) is 0. The zero-order valence-electron chi connectivity index (χ0n) is 9.14. The Labute approximate surface area is 101 Å². The van der Waals surface area contributed by atoms with Gasteiger partial charge in [-0.05, 0) is 23.9 Å². The fourth-order valence-corrected chi connectivity index (χ4v) is 2.11. The van der Waals surface area contributed by atoms with Crippen molar-refractivity contribution in [2.24, 2.45) is 0 Å². The van der Waals surface area contributed by atoms with Crippen molar-refractivity contribution in [3.63, 3.8) is 0 Å². The minimum absolute atomic E-state index is 0. The molecule has 0 fully saturated rings. The van der Waals surface area contributed by atoms with Crippen LogP contribution in [-0.2, 0) is 6.54 Å². The standard InChI is InChI=1S/C13H13NO.ClH/c1-14-8-12-11-5-3-2-4-10(11)6-7-13(12)15-9-14;/h2-7H,8-9H2,1H3;1H. The van der Waals surface area contributed by atoms with Crippen LogP contribution in [-0.4, -0.2) is 18.7 Å². The number of rotatable bonds is 0. The molecular formula is C13H14ClNO. The lowest BCUT2D eigenvalue weighted by atomic mass is 10.0. The Morgan fingerprint density at radius 3 is 2.81 bits per heavy atom. The van der Waals surface area contributed by atoms with E-state index in [1.807, 2.05) is 0 Å². The van der Waals surface area contributed by atoms with Crippen molar-refractivity contribution in [1.29, 1.82) is 0 Å². The van der Waals surface area contributed by atoms with Crippen LogP contribution in [0.5, 0.6) is 5.75 Å². The van der Waals surface area contributed by atoms with E-state index in [2.05, 4.69) is 48.3 Å². The van der Waals surface area contributed by atoms with Gasteiger partial charge in [-0.1, -0.05) is 30.3 Å². The highest BCUT2D eigenvalue weighted by molar-refractivity contribution is 5.87. The zero-order chi connectivity index (χ0) is 10.3. The van der Waals surface area contributed by atoms with Crippen molar-refractivity contribution < 1.29 is 4.74 Å². The predicted molar refractivity (Wildman–Crippen MR) is 68.2 cm³/mol. The molecule has 0 atom stereocenters. The summed E-state index contributed by atoms with van der Waals surface area (Å²) in [6, 6.07) is 12.7. The van der Waals surface area contributed by atoms with Gasteiger partial charge in [0.1, 0.15) is 12.5 Å². The molecule has 0 saturated heterocycles. The van der Waals surface area contributed by atoms with Crippen molar-refractivity contribution in [2.45, 2.75) is 6.54 Å². The van der Waals surface area contributed by atoms with Gasteiger partial charge >= 0.3 is 0 Å². The molecular weight excluding hydrogens is 222 g/mol. The first kappa shape index (κ1) is 11.2. The molecule has 2 aromatic rings. The van der Waals surface area contributed by atoms with Crippen LogP contribution in [0.25, 0.3) is 10.8 Å². The molecule has 0 radical (unpaired) electrons. The van der Waals surface area contributed by atoms with E-state index in [0.29, 0.717) is 6.73 Å². The minimum atomic E-state index is 0. The summed E-state index contributed by atoms with van der Waals surface area (Å²) >= 11 is 0. The van der Waals surface area contributed by atoms with Crippen LogP contribution in [0.3, 0.4) is 0 Å². The van der Waals surface area contributed by atoms with Gasteiger partial charge in [0.15, 0.2) is 0 Å². The fourth-order valence-electron chi connectivity index (χ4n) is 2.11. The molecule has 84 valence electrons. The largest absolute Gasteiger partial charge is 0.478 e. The number of fused-ring (bicyclic) bond motifs is 3. The lowest BCUT2D eigenvalue weighted by Gasteiger charge is -2.26. The van der Waals surface area contributed by atoms with E-state index in [0.717, 1.165) is 12.3 Å². The molecule has 0 unspecified atom stereocenters. The van der Waals surface area contributed by atoms with E-state index >= 15 is 0 Å². The molecule has 2 aromatic carbocycles. The van der Waals surface area contributed by atoms with Crippen molar-refractivity contribution in [2.75, 3.05) is 13.8 Å². The highest BCUT2D eigenvalue weighted by Gasteiger charge is 2.15. The third-order valence-corrected chi connectivity index (χ3v) is 2.87. The van der Waals surface area contributed by atoms with Gasteiger partial charge in [-0.2, -0.15) is 0 Å². The van der Waals surface area contributed by atoms with Crippen LogP contribution >= 0.6 is 12.4 Å². The molecule has 0 aromatic heterocycles. The van der Waals surface area contributed by atoms with Gasteiger partial charge in [-0.3, -0.25) is 4.90 Å². The van der Waals surface area contributed by atoms with E-state index in [-0.39, 0.29) is 12.4 Å². The molecule has 0 saturated carbocycles. The molecule has 3 rings (SSSR count). The second kappa shape index (κ2) is 4.32. The molecule has 1 heterocycles. The fraction of sp³-hybridized carbons (Fsp3) is 0.231. The number of hydrogen-bond acceptors (Lipinski definition) is 2. The molecule has 0 aliphatic carbocycles. The maximum Gasteiger partial charge on any atom is 0.142 e. The summed E-state index contributed by atoms with van der Waals surface area (Å²) in [5.74, 6) is 1.03. The zero-order valence-corrected chi connectivity index (χ0v) is 9.96. The topological polar surface area (TPSA) is 12.5 Å². The smallest absolute Gasteiger partial charge is 0.142 e. The molecule has 16 heavy (non-hydrogen) atoms. The Morgan fingerprint density at radius 2 is 1.94 bits per heavy atom. The number of benzene rings is 2. The lowest BCUT2D eigenvalue weighted by Crippen LogP contribution is -2.28. The Morgan fingerprint density at radius 1 is 1.12 bits per heavy atom. The third-order valence-electron chi connectivity index (χ3n) is 2.87.